The van der Waals surface area contributed by atoms with Crippen molar-refractivity contribution in [3.05, 3.63) is 71.0 Å². The molecule has 6 nitrogen and oxygen atoms in total. The summed E-state index contributed by atoms with van der Waals surface area (Å²) in [4.78, 5) is 35.6. The zero-order valence-corrected chi connectivity index (χ0v) is 18.3. The van der Waals surface area contributed by atoms with Crippen LogP contribution in [-0.2, 0) is 9.59 Å². The number of nitrogens with two attached hydrogens (primary N) is 1. The van der Waals surface area contributed by atoms with Gasteiger partial charge in [0.2, 0.25) is 5.91 Å². The minimum Gasteiger partial charge on any atom is -0.370 e. The maximum absolute atomic E-state index is 13.7. The molecule has 7 heteroatoms. The summed E-state index contributed by atoms with van der Waals surface area (Å²) in [6.45, 7) is 2.99. The lowest BCUT2D eigenvalue weighted by Crippen LogP contribution is -2.25. The summed E-state index contributed by atoms with van der Waals surface area (Å²) in [5, 5.41) is 5.67. The van der Waals surface area contributed by atoms with Crippen LogP contribution in [0.5, 0.6) is 0 Å². The molecule has 0 saturated heterocycles. The van der Waals surface area contributed by atoms with Crippen LogP contribution >= 0.6 is 0 Å². The summed E-state index contributed by atoms with van der Waals surface area (Å²) in [6, 6.07) is 12.8. The van der Waals surface area contributed by atoms with Gasteiger partial charge in [-0.1, -0.05) is 37.6 Å². The Bertz CT molecular complexity index is 955. The Hall–Kier alpha value is -3.48. The van der Waals surface area contributed by atoms with E-state index in [1.165, 1.54) is 12.1 Å². The van der Waals surface area contributed by atoms with Crippen molar-refractivity contribution in [1.29, 1.82) is 0 Å². The predicted molar refractivity (Wildman–Crippen MR) is 124 cm³/mol. The van der Waals surface area contributed by atoms with Crippen LogP contribution in [0.15, 0.2) is 48.5 Å². The number of primary amides is 1. The Labute approximate surface area is 188 Å². The van der Waals surface area contributed by atoms with Crippen LogP contribution in [0.1, 0.15) is 60.5 Å². The van der Waals surface area contributed by atoms with Crippen LogP contribution in [0.25, 0.3) is 11.6 Å². The van der Waals surface area contributed by atoms with Gasteiger partial charge in [0.15, 0.2) is 0 Å². The molecular formula is C25H30FN3O3. The first kappa shape index (κ1) is 24.8. The van der Waals surface area contributed by atoms with E-state index in [2.05, 4.69) is 10.6 Å². The molecule has 0 atom stereocenters. The zero-order valence-electron chi connectivity index (χ0n) is 18.3. The van der Waals surface area contributed by atoms with Crippen LogP contribution in [0.4, 0.5) is 4.39 Å². The van der Waals surface area contributed by atoms with E-state index in [0.717, 1.165) is 24.8 Å². The maximum Gasteiger partial charge on any atom is 0.251 e. The standard InChI is InChI=1S/C25H30FN3O3/c1-2-14-28-25(32)22(20-7-6-8-21(26)17-20)16-18-10-12-19(13-11-18)24(31)29-15-5-3-4-9-23(27)30/h6-8,10-13,16-17H,2-5,9,14-15H2,1H3,(H2,27,30)(H,28,32)(H,29,31)/b22-16+. The number of carbonyl (C=O) groups is 3. The number of carbonyl (C=O) groups excluding carboxylic acids is 3. The third-order valence-electron chi connectivity index (χ3n) is 4.79. The molecule has 0 saturated carbocycles. The van der Waals surface area contributed by atoms with Gasteiger partial charge in [-0.15, -0.1) is 0 Å². The molecule has 0 spiro atoms. The van der Waals surface area contributed by atoms with Crippen molar-refractivity contribution in [2.75, 3.05) is 13.1 Å². The van der Waals surface area contributed by atoms with Crippen molar-refractivity contribution in [1.82, 2.24) is 10.6 Å². The molecule has 0 aliphatic heterocycles. The minimum absolute atomic E-state index is 0.193. The first-order chi connectivity index (χ1) is 15.4. The van der Waals surface area contributed by atoms with Crippen LogP contribution in [0.3, 0.4) is 0 Å². The second-order valence-corrected chi connectivity index (χ2v) is 7.48. The Morgan fingerprint density at radius 3 is 2.34 bits per heavy atom. The molecule has 2 rings (SSSR count). The van der Waals surface area contributed by atoms with E-state index in [4.69, 9.17) is 5.73 Å². The topological polar surface area (TPSA) is 101 Å². The highest BCUT2D eigenvalue weighted by Crippen LogP contribution is 2.20. The molecule has 0 radical (unpaired) electrons. The average Bonchev–Trinajstić information content (AvgIpc) is 2.78. The van der Waals surface area contributed by atoms with Crippen molar-refractivity contribution in [3.63, 3.8) is 0 Å². The SMILES string of the molecule is CCCNC(=O)/C(=C/c1ccc(C(=O)NCCCCCC(N)=O)cc1)c1cccc(F)c1. The van der Waals surface area contributed by atoms with Gasteiger partial charge in [0.1, 0.15) is 5.82 Å². The molecule has 0 aromatic heterocycles. The van der Waals surface area contributed by atoms with Gasteiger partial charge in [-0.05, 0) is 60.7 Å². The number of nitrogens with one attached hydrogen (secondary N) is 2. The number of halogens is 1. The number of amides is 3. The fourth-order valence-corrected chi connectivity index (χ4v) is 3.07. The molecule has 0 fully saturated rings. The van der Waals surface area contributed by atoms with Crippen LogP contribution in [0, 0.1) is 5.82 Å². The van der Waals surface area contributed by atoms with E-state index in [1.54, 1.807) is 42.5 Å². The van der Waals surface area contributed by atoms with Crippen LogP contribution < -0.4 is 16.4 Å². The fraction of sp³-hybridized carbons (Fsp3) is 0.320. The molecule has 3 amide bonds. The van der Waals surface area contributed by atoms with Crippen molar-refractivity contribution in [2.24, 2.45) is 5.73 Å². The monoisotopic (exact) mass is 439 g/mol. The Morgan fingerprint density at radius 1 is 0.938 bits per heavy atom. The molecule has 0 bridgehead atoms. The Balaban J connectivity index is 2.05. The van der Waals surface area contributed by atoms with E-state index in [9.17, 15) is 18.8 Å². The lowest BCUT2D eigenvalue weighted by molar-refractivity contribution is -0.118. The highest BCUT2D eigenvalue weighted by atomic mass is 19.1. The first-order valence-electron chi connectivity index (χ1n) is 10.8. The van der Waals surface area contributed by atoms with Gasteiger partial charge in [-0.2, -0.15) is 0 Å². The van der Waals surface area contributed by atoms with Gasteiger partial charge in [0.05, 0.1) is 0 Å². The number of benzene rings is 2. The maximum atomic E-state index is 13.7. The quantitative estimate of drug-likeness (QED) is 0.267. The fourth-order valence-electron chi connectivity index (χ4n) is 3.07. The molecule has 2 aromatic rings. The van der Waals surface area contributed by atoms with Gasteiger partial charge in [0.25, 0.3) is 11.8 Å². The summed E-state index contributed by atoms with van der Waals surface area (Å²) < 4.78 is 13.7. The van der Waals surface area contributed by atoms with E-state index in [0.29, 0.717) is 42.6 Å². The van der Waals surface area contributed by atoms with Crippen molar-refractivity contribution in [3.8, 4) is 0 Å². The highest BCUT2D eigenvalue weighted by molar-refractivity contribution is 6.24. The normalized spacial score (nSPS) is 11.1. The van der Waals surface area contributed by atoms with Gasteiger partial charge < -0.3 is 16.4 Å². The lowest BCUT2D eigenvalue weighted by Gasteiger charge is -2.10. The van der Waals surface area contributed by atoms with E-state index in [-0.39, 0.29) is 17.7 Å². The molecule has 32 heavy (non-hydrogen) atoms. The molecular weight excluding hydrogens is 409 g/mol. The second-order valence-electron chi connectivity index (χ2n) is 7.48. The van der Waals surface area contributed by atoms with Gasteiger partial charge >= 0.3 is 0 Å². The summed E-state index contributed by atoms with van der Waals surface area (Å²) >= 11 is 0. The number of hydrogen-bond acceptors (Lipinski definition) is 3. The third kappa shape index (κ3) is 8.34. The highest BCUT2D eigenvalue weighted by Gasteiger charge is 2.13. The summed E-state index contributed by atoms with van der Waals surface area (Å²) in [5.41, 5.74) is 7.16. The molecule has 0 heterocycles. The Morgan fingerprint density at radius 2 is 1.69 bits per heavy atom. The second kappa shape index (κ2) is 13.0. The van der Waals surface area contributed by atoms with Gasteiger partial charge in [-0.3, -0.25) is 14.4 Å². The largest absolute Gasteiger partial charge is 0.370 e. The number of hydrogen-bond donors (Lipinski definition) is 3. The first-order valence-corrected chi connectivity index (χ1v) is 10.8. The number of unbranched alkanes of at least 4 members (excludes halogenated alkanes) is 2. The molecule has 0 unspecified atom stereocenters. The van der Waals surface area contributed by atoms with Crippen molar-refractivity contribution < 1.29 is 18.8 Å². The molecule has 0 aliphatic carbocycles. The molecule has 2 aromatic carbocycles. The number of rotatable bonds is 12. The van der Waals surface area contributed by atoms with E-state index in [1.807, 2.05) is 6.92 Å². The van der Waals surface area contributed by atoms with Crippen LogP contribution in [-0.4, -0.2) is 30.8 Å². The average molecular weight is 440 g/mol. The van der Waals surface area contributed by atoms with Crippen molar-refractivity contribution in [2.45, 2.75) is 39.0 Å². The molecule has 4 N–H and O–H groups in total. The summed E-state index contributed by atoms with van der Waals surface area (Å²) in [6.07, 6.45) is 5.12. The van der Waals surface area contributed by atoms with Crippen LogP contribution in [0.2, 0.25) is 0 Å². The predicted octanol–water partition coefficient (Wildman–Crippen LogP) is 3.67. The minimum atomic E-state index is -0.418. The molecule has 0 aliphatic rings. The van der Waals surface area contributed by atoms with Gasteiger partial charge in [-0.25, -0.2) is 4.39 Å². The Kier molecular flexibility index (Phi) is 10.1. The van der Waals surface area contributed by atoms with Crippen molar-refractivity contribution >= 4 is 29.4 Å². The van der Waals surface area contributed by atoms with E-state index >= 15 is 0 Å². The molecule has 170 valence electrons. The summed E-state index contributed by atoms with van der Waals surface area (Å²) in [7, 11) is 0. The zero-order chi connectivity index (χ0) is 23.3. The lowest BCUT2D eigenvalue weighted by atomic mass is 10.0. The summed E-state index contributed by atoms with van der Waals surface area (Å²) in [5.74, 6) is -1.21. The smallest absolute Gasteiger partial charge is 0.251 e. The van der Waals surface area contributed by atoms with Gasteiger partial charge in [0, 0.05) is 30.6 Å². The van der Waals surface area contributed by atoms with E-state index < -0.39 is 5.82 Å². The third-order valence-corrected chi connectivity index (χ3v) is 4.79.